The molecule has 1 aromatic heterocycles. The molecule has 1 heterocycles. The number of nitrogens with zero attached hydrogens (tertiary/aromatic N) is 1. The van der Waals surface area contributed by atoms with Gasteiger partial charge in [-0.25, -0.2) is 0 Å². The summed E-state index contributed by atoms with van der Waals surface area (Å²) in [6.07, 6.45) is 0. The van der Waals surface area contributed by atoms with Crippen LogP contribution in [0, 0.1) is 24.0 Å². The van der Waals surface area contributed by atoms with Crippen molar-refractivity contribution in [3.8, 4) is 0 Å². The first kappa shape index (κ1) is 13.6. The largest absolute Gasteiger partial charge is 0.465 e. The number of hydrogen-bond acceptors (Lipinski definition) is 4. The Morgan fingerprint density at radius 2 is 2.11 bits per heavy atom. The minimum atomic E-state index is -0.389. The minimum absolute atomic E-state index is 0.103. The summed E-state index contributed by atoms with van der Waals surface area (Å²) < 4.78 is 6.11. The number of aryl methyl sites for hydroxylation is 2. The van der Waals surface area contributed by atoms with Gasteiger partial charge in [0.05, 0.1) is 11.5 Å². The van der Waals surface area contributed by atoms with Gasteiger partial charge >= 0.3 is 0 Å². The molecular formula is C13H13BrN2O3. The quantitative estimate of drug-likeness (QED) is 0.676. The number of nitro groups is 1. The van der Waals surface area contributed by atoms with Crippen LogP contribution in [0.5, 0.6) is 0 Å². The highest BCUT2D eigenvalue weighted by molar-refractivity contribution is 9.10. The van der Waals surface area contributed by atoms with Crippen molar-refractivity contribution >= 4 is 27.3 Å². The lowest BCUT2D eigenvalue weighted by molar-refractivity contribution is -0.385. The third-order valence-corrected chi connectivity index (χ3v) is 3.39. The van der Waals surface area contributed by atoms with Crippen LogP contribution in [-0.2, 0) is 6.54 Å². The summed E-state index contributed by atoms with van der Waals surface area (Å²) in [6, 6.07) is 7.05. The van der Waals surface area contributed by atoms with Gasteiger partial charge in [-0.15, -0.1) is 0 Å². The second-order valence-electron chi connectivity index (χ2n) is 4.24. The number of nitro benzene ring substituents is 1. The first-order valence-corrected chi connectivity index (χ1v) is 6.50. The third-order valence-electron chi connectivity index (χ3n) is 2.73. The van der Waals surface area contributed by atoms with Crippen molar-refractivity contribution in [2.24, 2.45) is 0 Å². The van der Waals surface area contributed by atoms with E-state index in [1.54, 1.807) is 13.0 Å². The van der Waals surface area contributed by atoms with Crippen molar-refractivity contribution in [2.75, 3.05) is 5.32 Å². The summed E-state index contributed by atoms with van der Waals surface area (Å²) in [7, 11) is 0. The van der Waals surface area contributed by atoms with Crippen LogP contribution in [0.1, 0.15) is 17.1 Å². The molecule has 0 fully saturated rings. The fraction of sp³-hybridized carbons (Fsp3) is 0.231. The van der Waals surface area contributed by atoms with E-state index in [-0.39, 0.29) is 10.6 Å². The van der Waals surface area contributed by atoms with Gasteiger partial charge in [-0.2, -0.15) is 0 Å². The molecule has 0 spiro atoms. The topological polar surface area (TPSA) is 68.3 Å². The molecule has 19 heavy (non-hydrogen) atoms. The van der Waals surface area contributed by atoms with Gasteiger partial charge in [0.2, 0.25) is 0 Å². The Labute approximate surface area is 118 Å². The van der Waals surface area contributed by atoms with E-state index in [2.05, 4.69) is 21.2 Å². The van der Waals surface area contributed by atoms with Crippen molar-refractivity contribution in [3.63, 3.8) is 0 Å². The Hall–Kier alpha value is -1.82. The molecule has 1 aromatic carbocycles. The summed E-state index contributed by atoms with van der Waals surface area (Å²) in [6.45, 7) is 4.13. The fourth-order valence-corrected chi connectivity index (χ4v) is 2.24. The maximum Gasteiger partial charge on any atom is 0.273 e. The predicted molar refractivity (Wildman–Crippen MR) is 76.3 cm³/mol. The maximum absolute atomic E-state index is 10.8. The third kappa shape index (κ3) is 3.14. The molecule has 0 saturated carbocycles. The summed E-state index contributed by atoms with van der Waals surface area (Å²) in [5, 5.41) is 14.0. The molecule has 5 nitrogen and oxygen atoms in total. The molecule has 0 radical (unpaired) electrons. The van der Waals surface area contributed by atoms with Gasteiger partial charge in [0.1, 0.15) is 11.5 Å². The lowest BCUT2D eigenvalue weighted by atomic mass is 10.2. The summed E-state index contributed by atoms with van der Waals surface area (Å²) in [4.78, 5) is 10.4. The molecule has 0 bridgehead atoms. The van der Waals surface area contributed by atoms with Crippen molar-refractivity contribution < 1.29 is 9.34 Å². The molecule has 100 valence electrons. The van der Waals surface area contributed by atoms with Crippen LogP contribution < -0.4 is 5.32 Å². The van der Waals surface area contributed by atoms with E-state index in [9.17, 15) is 10.1 Å². The average Bonchev–Trinajstić information content (AvgIpc) is 2.75. The van der Waals surface area contributed by atoms with E-state index >= 15 is 0 Å². The Morgan fingerprint density at radius 1 is 1.37 bits per heavy atom. The second-order valence-corrected chi connectivity index (χ2v) is 5.10. The zero-order valence-electron chi connectivity index (χ0n) is 10.6. The lowest BCUT2D eigenvalue weighted by Gasteiger charge is -2.08. The van der Waals surface area contributed by atoms with Crippen molar-refractivity contribution in [1.29, 1.82) is 0 Å². The van der Waals surface area contributed by atoms with Gasteiger partial charge in [-0.1, -0.05) is 0 Å². The average molecular weight is 325 g/mol. The summed E-state index contributed by atoms with van der Waals surface area (Å²) >= 11 is 3.33. The highest BCUT2D eigenvalue weighted by Gasteiger charge is 2.14. The number of halogens is 1. The smallest absolute Gasteiger partial charge is 0.273 e. The van der Waals surface area contributed by atoms with Crippen LogP contribution in [-0.4, -0.2) is 4.92 Å². The van der Waals surface area contributed by atoms with Crippen LogP contribution in [0.4, 0.5) is 11.4 Å². The van der Waals surface area contributed by atoms with Crippen molar-refractivity contribution in [3.05, 3.63) is 55.9 Å². The zero-order valence-corrected chi connectivity index (χ0v) is 12.2. The SMILES string of the molecule is Cc1ccc(CNc2cc(C)c([N+](=O)[O-])cc2Br)o1. The lowest BCUT2D eigenvalue weighted by Crippen LogP contribution is -2.01. The molecule has 6 heteroatoms. The van der Waals surface area contributed by atoms with Crippen LogP contribution >= 0.6 is 15.9 Å². The Morgan fingerprint density at radius 3 is 2.68 bits per heavy atom. The van der Waals surface area contributed by atoms with Gasteiger partial charge in [0, 0.05) is 21.8 Å². The van der Waals surface area contributed by atoms with Crippen molar-refractivity contribution in [2.45, 2.75) is 20.4 Å². The molecule has 2 aromatic rings. The van der Waals surface area contributed by atoms with Crippen LogP contribution in [0.15, 0.2) is 33.2 Å². The number of benzene rings is 1. The number of hydrogen-bond donors (Lipinski definition) is 1. The first-order chi connectivity index (χ1) is 8.97. The van der Waals surface area contributed by atoms with E-state index in [1.165, 1.54) is 6.07 Å². The highest BCUT2D eigenvalue weighted by atomic mass is 79.9. The molecule has 0 aliphatic heterocycles. The minimum Gasteiger partial charge on any atom is -0.465 e. The molecule has 0 amide bonds. The maximum atomic E-state index is 10.8. The molecule has 0 aliphatic carbocycles. The van der Waals surface area contributed by atoms with E-state index in [4.69, 9.17) is 4.42 Å². The molecule has 0 atom stereocenters. The van der Waals surface area contributed by atoms with Crippen LogP contribution in [0.2, 0.25) is 0 Å². The van der Waals surface area contributed by atoms with Gasteiger partial charge in [0.25, 0.3) is 5.69 Å². The number of rotatable bonds is 4. The predicted octanol–water partition coefficient (Wildman–Crippen LogP) is 4.18. The van der Waals surface area contributed by atoms with Gasteiger partial charge < -0.3 is 9.73 Å². The van der Waals surface area contributed by atoms with E-state index < -0.39 is 0 Å². The van der Waals surface area contributed by atoms with E-state index in [1.807, 2.05) is 19.1 Å². The van der Waals surface area contributed by atoms with Gasteiger partial charge in [-0.05, 0) is 48.0 Å². The zero-order chi connectivity index (χ0) is 14.0. The standard InChI is InChI=1S/C13H13BrN2O3/c1-8-5-12(11(14)6-13(8)16(17)18)15-7-10-4-3-9(2)19-10/h3-6,15H,7H2,1-2H3. The van der Waals surface area contributed by atoms with Gasteiger partial charge in [0.15, 0.2) is 0 Å². The normalized spacial score (nSPS) is 10.5. The highest BCUT2D eigenvalue weighted by Crippen LogP contribution is 2.30. The molecular weight excluding hydrogens is 312 g/mol. The van der Waals surface area contributed by atoms with Gasteiger partial charge in [-0.3, -0.25) is 10.1 Å². The molecule has 1 N–H and O–H groups in total. The Balaban J connectivity index is 2.17. The fourth-order valence-electron chi connectivity index (χ4n) is 1.77. The Bertz CT molecular complexity index is 622. The van der Waals surface area contributed by atoms with Crippen LogP contribution in [0.25, 0.3) is 0 Å². The van der Waals surface area contributed by atoms with E-state index in [0.717, 1.165) is 17.2 Å². The number of anilines is 1. The van der Waals surface area contributed by atoms with Crippen LogP contribution in [0.3, 0.4) is 0 Å². The summed E-state index contributed by atoms with van der Waals surface area (Å²) in [5.41, 5.74) is 1.52. The Kier molecular flexibility index (Phi) is 3.90. The molecule has 0 aliphatic rings. The molecule has 0 unspecified atom stereocenters. The number of nitrogens with one attached hydrogen (secondary N) is 1. The molecule has 2 rings (SSSR count). The first-order valence-electron chi connectivity index (χ1n) is 5.71. The van der Waals surface area contributed by atoms with E-state index in [0.29, 0.717) is 16.6 Å². The van der Waals surface area contributed by atoms with Crippen molar-refractivity contribution in [1.82, 2.24) is 0 Å². The number of furan rings is 1. The monoisotopic (exact) mass is 324 g/mol. The molecule has 0 saturated heterocycles. The second kappa shape index (κ2) is 5.44. The summed E-state index contributed by atoms with van der Waals surface area (Å²) in [5.74, 6) is 1.68.